The molecule has 0 unspecified atom stereocenters. The van der Waals surface area contributed by atoms with Gasteiger partial charge in [-0.3, -0.25) is 9.59 Å². The van der Waals surface area contributed by atoms with Crippen molar-refractivity contribution in [1.29, 1.82) is 0 Å². The molecule has 4 rings (SSSR count). The molecule has 0 spiro atoms. The largest absolute Gasteiger partial charge is 0.478 e. The summed E-state index contributed by atoms with van der Waals surface area (Å²) in [4.78, 5) is 38.3. The molecule has 1 aromatic heterocycles. The van der Waals surface area contributed by atoms with Gasteiger partial charge in [0, 0.05) is 16.8 Å². The summed E-state index contributed by atoms with van der Waals surface area (Å²) in [7, 11) is 0. The summed E-state index contributed by atoms with van der Waals surface area (Å²) in [5.41, 5.74) is 11.4. The Labute approximate surface area is 189 Å². The monoisotopic (exact) mass is 439 g/mol. The van der Waals surface area contributed by atoms with Crippen molar-refractivity contribution < 1.29 is 19.5 Å². The molecule has 0 aliphatic carbocycles. The van der Waals surface area contributed by atoms with Crippen molar-refractivity contribution in [2.75, 3.05) is 5.32 Å². The topological polar surface area (TPSA) is 125 Å². The Hall–Kier alpha value is -4.65. The Balaban J connectivity index is 1.90. The maximum absolute atomic E-state index is 12.1. The number of aromatic carboxylic acids is 1. The van der Waals surface area contributed by atoms with Crippen LogP contribution in [0.2, 0.25) is 0 Å². The van der Waals surface area contributed by atoms with Crippen LogP contribution in [0.5, 0.6) is 0 Å². The fourth-order valence-corrected chi connectivity index (χ4v) is 3.85. The van der Waals surface area contributed by atoms with Gasteiger partial charge in [-0.25, -0.2) is 4.79 Å². The van der Waals surface area contributed by atoms with Crippen molar-refractivity contribution in [3.8, 4) is 22.4 Å². The zero-order valence-corrected chi connectivity index (χ0v) is 17.8. The highest BCUT2D eigenvalue weighted by Crippen LogP contribution is 2.37. The number of hydrogen-bond acceptors (Lipinski definition) is 3. The number of aromatic amines is 1. The Morgan fingerprint density at radius 1 is 1.03 bits per heavy atom. The van der Waals surface area contributed by atoms with E-state index in [9.17, 15) is 14.4 Å². The highest BCUT2D eigenvalue weighted by Gasteiger charge is 2.17. The molecule has 0 aliphatic rings. The number of primary amides is 1. The van der Waals surface area contributed by atoms with E-state index in [4.69, 9.17) is 10.8 Å². The number of aromatic nitrogens is 1. The molecule has 5 N–H and O–H groups in total. The number of rotatable bonds is 6. The van der Waals surface area contributed by atoms with Crippen molar-refractivity contribution in [3.63, 3.8) is 0 Å². The molecular formula is C26H21N3O4. The van der Waals surface area contributed by atoms with E-state index in [0.29, 0.717) is 22.5 Å². The van der Waals surface area contributed by atoms with Gasteiger partial charge in [-0.1, -0.05) is 36.9 Å². The minimum absolute atomic E-state index is 0.183. The molecule has 0 bridgehead atoms. The van der Waals surface area contributed by atoms with E-state index in [1.807, 2.05) is 37.3 Å². The van der Waals surface area contributed by atoms with Gasteiger partial charge in [0.2, 0.25) is 5.91 Å². The van der Waals surface area contributed by atoms with E-state index in [-0.39, 0.29) is 11.5 Å². The molecule has 7 heteroatoms. The third-order valence-corrected chi connectivity index (χ3v) is 5.57. The zero-order valence-electron chi connectivity index (χ0n) is 17.8. The van der Waals surface area contributed by atoms with Gasteiger partial charge in [0.25, 0.3) is 5.91 Å². The molecule has 0 fully saturated rings. The normalized spacial score (nSPS) is 10.7. The first-order valence-corrected chi connectivity index (χ1v) is 10.1. The lowest BCUT2D eigenvalue weighted by atomic mass is 9.94. The van der Waals surface area contributed by atoms with Gasteiger partial charge >= 0.3 is 5.97 Å². The molecule has 33 heavy (non-hydrogen) atoms. The average molecular weight is 439 g/mol. The lowest BCUT2D eigenvalue weighted by Crippen LogP contribution is -2.11. The van der Waals surface area contributed by atoms with Crippen molar-refractivity contribution in [2.45, 2.75) is 6.92 Å². The van der Waals surface area contributed by atoms with E-state index >= 15 is 0 Å². The SMILES string of the molecule is C=CC(=O)Nc1cccc(-c2ccc(C(N)=O)c3[nH]c(-c4ccc(C(=O)O)cc4)cc23)c1C. The molecule has 0 saturated heterocycles. The maximum atomic E-state index is 12.1. The maximum Gasteiger partial charge on any atom is 0.335 e. The Kier molecular flexibility index (Phi) is 5.54. The number of benzene rings is 3. The number of H-pyrrole nitrogens is 1. The van der Waals surface area contributed by atoms with Gasteiger partial charge in [-0.05, 0) is 65.6 Å². The molecule has 0 saturated carbocycles. The molecule has 164 valence electrons. The van der Waals surface area contributed by atoms with Crippen LogP contribution in [-0.2, 0) is 4.79 Å². The summed E-state index contributed by atoms with van der Waals surface area (Å²) in [5, 5.41) is 12.7. The second kappa shape index (κ2) is 8.47. The molecule has 0 atom stereocenters. The smallest absolute Gasteiger partial charge is 0.335 e. The van der Waals surface area contributed by atoms with Gasteiger partial charge < -0.3 is 21.1 Å². The van der Waals surface area contributed by atoms with Gasteiger partial charge in [-0.15, -0.1) is 0 Å². The van der Waals surface area contributed by atoms with Crippen LogP contribution < -0.4 is 11.1 Å². The van der Waals surface area contributed by atoms with E-state index in [1.165, 1.54) is 18.2 Å². The van der Waals surface area contributed by atoms with Crippen LogP contribution in [0, 0.1) is 6.92 Å². The fraction of sp³-hybridized carbons (Fsp3) is 0.0385. The molecule has 4 aromatic rings. The number of anilines is 1. The Bertz CT molecular complexity index is 1430. The van der Waals surface area contributed by atoms with Crippen molar-refractivity contribution in [2.24, 2.45) is 5.73 Å². The van der Waals surface area contributed by atoms with Gasteiger partial charge in [0.05, 0.1) is 16.6 Å². The summed E-state index contributed by atoms with van der Waals surface area (Å²) >= 11 is 0. The first kappa shape index (κ1) is 21.6. The molecule has 0 aliphatic heterocycles. The molecular weight excluding hydrogens is 418 g/mol. The van der Waals surface area contributed by atoms with E-state index in [2.05, 4.69) is 16.9 Å². The second-order valence-electron chi connectivity index (χ2n) is 7.55. The molecule has 1 heterocycles. The predicted molar refractivity (Wildman–Crippen MR) is 128 cm³/mol. The first-order chi connectivity index (χ1) is 15.8. The number of nitrogens with two attached hydrogens (primary N) is 1. The van der Waals surface area contributed by atoms with Gasteiger partial charge in [0.1, 0.15) is 0 Å². The number of amides is 2. The van der Waals surface area contributed by atoms with Crippen LogP contribution in [0.1, 0.15) is 26.3 Å². The van der Waals surface area contributed by atoms with E-state index < -0.39 is 11.9 Å². The quantitative estimate of drug-likeness (QED) is 0.324. The number of nitrogens with one attached hydrogen (secondary N) is 2. The average Bonchev–Trinajstić information content (AvgIpc) is 3.25. The fourth-order valence-electron chi connectivity index (χ4n) is 3.85. The van der Waals surface area contributed by atoms with Crippen LogP contribution in [-0.4, -0.2) is 27.9 Å². The van der Waals surface area contributed by atoms with Crippen molar-refractivity contribution in [3.05, 3.63) is 90.0 Å². The van der Waals surface area contributed by atoms with Gasteiger partial charge in [0.15, 0.2) is 0 Å². The van der Waals surface area contributed by atoms with Crippen molar-refractivity contribution >= 4 is 34.4 Å². The Morgan fingerprint density at radius 3 is 2.39 bits per heavy atom. The van der Waals surface area contributed by atoms with E-state index in [0.717, 1.165) is 27.6 Å². The third kappa shape index (κ3) is 3.99. The van der Waals surface area contributed by atoms with Gasteiger partial charge in [-0.2, -0.15) is 0 Å². The molecule has 0 radical (unpaired) electrons. The third-order valence-electron chi connectivity index (χ3n) is 5.57. The second-order valence-corrected chi connectivity index (χ2v) is 7.55. The molecule has 3 aromatic carbocycles. The lowest BCUT2D eigenvalue weighted by molar-refractivity contribution is -0.111. The number of carbonyl (C=O) groups is 3. The van der Waals surface area contributed by atoms with Crippen LogP contribution >= 0.6 is 0 Å². The summed E-state index contributed by atoms with van der Waals surface area (Å²) < 4.78 is 0. The summed E-state index contributed by atoms with van der Waals surface area (Å²) in [5.74, 6) is -1.88. The minimum atomic E-state index is -1.00. The number of carboxylic acid groups (broad SMARTS) is 1. The highest BCUT2D eigenvalue weighted by molar-refractivity contribution is 6.11. The lowest BCUT2D eigenvalue weighted by Gasteiger charge is -2.13. The number of fused-ring (bicyclic) bond motifs is 1. The molecule has 7 nitrogen and oxygen atoms in total. The highest BCUT2D eigenvalue weighted by atomic mass is 16.4. The summed E-state index contributed by atoms with van der Waals surface area (Å²) in [6.07, 6.45) is 1.21. The summed E-state index contributed by atoms with van der Waals surface area (Å²) in [6.45, 7) is 5.39. The predicted octanol–water partition coefficient (Wildman–Crippen LogP) is 4.73. The van der Waals surface area contributed by atoms with Crippen LogP contribution in [0.3, 0.4) is 0 Å². The van der Waals surface area contributed by atoms with Crippen LogP contribution in [0.15, 0.2) is 73.3 Å². The standard InChI is InChI=1S/C26H21N3O4/c1-3-23(30)28-21-6-4-5-17(14(21)2)18-11-12-19(25(27)31)24-20(18)13-22(29-24)15-7-9-16(10-8-15)26(32)33/h3-13,29H,1H2,2H3,(H2,27,31)(H,28,30)(H,32,33). The molecule has 2 amide bonds. The van der Waals surface area contributed by atoms with E-state index in [1.54, 1.807) is 18.2 Å². The van der Waals surface area contributed by atoms with Crippen LogP contribution in [0.4, 0.5) is 5.69 Å². The summed E-state index contributed by atoms with van der Waals surface area (Å²) in [6, 6.07) is 17.4. The van der Waals surface area contributed by atoms with Crippen LogP contribution in [0.25, 0.3) is 33.3 Å². The minimum Gasteiger partial charge on any atom is -0.478 e. The number of carbonyl (C=O) groups excluding carboxylic acids is 2. The number of carboxylic acids is 1. The Morgan fingerprint density at radius 2 is 1.76 bits per heavy atom. The zero-order chi connectivity index (χ0) is 23.7. The van der Waals surface area contributed by atoms with Crippen molar-refractivity contribution in [1.82, 2.24) is 4.98 Å². The first-order valence-electron chi connectivity index (χ1n) is 10.1. The number of hydrogen-bond donors (Lipinski definition) is 4.